The second kappa shape index (κ2) is 11.6. The molecular formula is C20H35IN4O2. The zero-order valence-electron chi connectivity index (χ0n) is 17.2. The minimum atomic E-state index is -0.251. The first-order valence-corrected chi connectivity index (χ1v) is 9.43. The molecule has 1 unspecified atom stereocenters. The lowest BCUT2D eigenvalue weighted by molar-refractivity contribution is 0.0310. The van der Waals surface area contributed by atoms with E-state index in [1.54, 1.807) is 14.2 Å². The topological polar surface area (TPSA) is 58.1 Å². The summed E-state index contributed by atoms with van der Waals surface area (Å²) in [6.07, 6.45) is 1.17. The van der Waals surface area contributed by atoms with E-state index in [9.17, 15) is 0 Å². The van der Waals surface area contributed by atoms with Crippen LogP contribution in [0.25, 0.3) is 0 Å². The molecule has 7 heteroatoms. The number of aliphatic imine (C=N–C) groups is 1. The predicted molar refractivity (Wildman–Crippen MR) is 124 cm³/mol. The van der Waals surface area contributed by atoms with Crippen molar-refractivity contribution in [2.24, 2.45) is 10.9 Å². The molecule has 1 aromatic carbocycles. The van der Waals surface area contributed by atoms with Gasteiger partial charge in [-0.15, -0.1) is 24.0 Å². The molecule has 0 radical (unpaired) electrons. The van der Waals surface area contributed by atoms with Gasteiger partial charge in [0.1, 0.15) is 5.75 Å². The van der Waals surface area contributed by atoms with Crippen molar-refractivity contribution in [3.05, 3.63) is 24.3 Å². The van der Waals surface area contributed by atoms with E-state index >= 15 is 0 Å². The van der Waals surface area contributed by atoms with Crippen LogP contribution in [0, 0.1) is 5.92 Å². The minimum Gasteiger partial charge on any atom is -0.497 e. The average molecular weight is 490 g/mol. The molecule has 1 fully saturated rings. The first kappa shape index (κ1) is 23.8. The molecule has 154 valence electrons. The van der Waals surface area contributed by atoms with Gasteiger partial charge in [0.25, 0.3) is 0 Å². The molecule has 0 aromatic heterocycles. The number of ether oxygens (including phenoxy) is 2. The van der Waals surface area contributed by atoms with Gasteiger partial charge in [0.15, 0.2) is 5.96 Å². The molecule has 1 heterocycles. The predicted octanol–water partition coefficient (Wildman–Crippen LogP) is 3.12. The van der Waals surface area contributed by atoms with Crippen molar-refractivity contribution in [2.45, 2.75) is 32.8 Å². The Hall–Kier alpha value is -1.22. The summed E-state index contributed by atoms with van der Waals surface area (Å²) in [5.74, 6) is 2.37. The highest BCUT2D eigenvalue weighted by atomic mass is 127. The van der Waals surface area contributed by atoms with Gasteiger partial charge in [-0.2, -0.15) is 0 Å². The third-order valence-corrected chi connectivity index (χ3v) is 4.78. The van der Waals surface area contributed by atoms with E-state index in [0.717, 1.165) is 37.9 Å². The van der Waals surface area contributed by atoms with Crippen LogP contribution in [0.15, 0.2) is 29.3 Å². The number of methoxy groups -OCH3 is 2. The van der Waals surface area contributed by atoms with Crippen LogP contribution in [-0.4, -0.2) is 58.5 Å². The third kappa shape index (κ3) is 7.73. The van der Waals surface area contributed by atoms with Crippen molar-refractivity contribution >= 4 is 35.6 Å². The van der Waals surface area contributed by atoms with Gasteiger partial charge < -0.3 is 25.0 Å². The van der Waals surface area contributed by atoms with Gasteiger partial charge >= 0.3 is 0 Å². The Labute approximate surface area is 181 Å². The summed E-state index contributed by atoms with van der Waals surface area (Å²) in [5, 5.41) is 6.80. The molecule has 1 aliphatic rings. The lowest BCUT2D eigenvalue weighted by Crippen LogP contribution is -2.41. The normalized spacial score (nSPS) is 17.4. The van der Waals surface area contributed by atoms with E-state index in [-0.39, 0.29) is 29.6 Å². The fraction of sp³-hybridized carbons (Fsp3) is 0.650. The Balaban J connectivity index is 0.00000364. The largest absolute Gasteiger partial charge is 0.497 e. The third-order valence-electron chi connectivity index (χ3n) is 4.78. The summed E-state index contributed by atoms with van der Waals surface area (Å²) in [5.41, 5.74) is 0.980. The molecule has 27 heavy (non-hydrogen) atoms. The maximum Gasteiger partial charge on any atom is 0.191 e. The standard InChI is InChI=1S/C20H34N4O2.HI/c1-6-21-19(23-15-20(2,3)26-5)22-13-16-10-11-24(14-16)17-8-7-9-18(12-17)25-4;/h7-9,12,16H,6,10-11,13-15H2,1-5H3,(H2,21,22,23);1H. The van der Waals surface area contributed by atoms with Gasteiger partial charge in [0.05, 0.1) is 19.3 Å². The first-order valence-electron chi connectivity index (χ1n) is 9.43. The van der Waals surface area contributed by atoms with E-state index in [1.165, 1.54) is 12.1 Å². The van der Waals surface area contributed by atoms with Gasteiger partial charge in [-0.05, 0) is 45.2 Å². The van der Waals surface area contributed by atoms with Crippen molar-refractivity contribution in [1.29, 1.82) is 0 Å². The zero-order chi connectivity index (χ0) is 19.0. The van der Waals surface area contributed by atoms with E-state index in [4.69, 9.17) is 9.47 Å². The molecule has 0 amide bonds. The van der Waals surface area contributed by atoms with Crippen LogP contribution in [0.1, 0.15) is 27.2 Å². The van der Waals surface area contributed by atoms with Crippen LogP contribution in [0.5, 0.6) is 5.75 Å². The number of nitrogens with zero attached hydrogens (tertiary/aromatic N) is 2. The summed E-state index contributed by atoms with van der Waals surface area (Å²) < 4.78 is 10.8. The lowest BCUT2D eigenvalue weighted by atomic mass is 10.1. The molecule has 1 aliphatic heterocycles. The van der Waals surface area contributed by atoms with Crippen molar-refractivity contribution in [3.63, 3.8) is 0 Å². The van der Waals surface area contributed by atoms with Crippen LogP contribution in [-0.2, 0) is 4.74 Å². The number of nitrogens with one attached hydrogen (secondary N) is 2. The van der Waals surface area contributed by atoms with Crippen LogP contribution in [0.4, 0.5) is 5.69 Å². The highest BCUT2D eigenvalue weighted by molar-refractivity contribution is 14.0. The number of anilines is 1. The summed E-state index contributed by atoms with van der Waals surface area (Å²) >= 11 is 0. The molecule has 0 saturated carbocycles. The fourth-order valence-corrected chi connectivity index (χ4v) is 2.96. The summed E-state index contributed by atoms with van der Waals surface area (Å²) in [6, 6.07) is 8.29. The Bertz CT molecular complexity index is 595. The molecule has 1 saturated heterocycles. The van der Waals surface area contributed by atoms with Gasteiger partial charge in [-0.3, -0.25) is 4.99 Å². The molecule has 0 aliphatic carbocycles. The average Bonchev–Trinajstić information content (AvgIpc) is 3.13. The first-order chi connectivity index (χ1) is 12.5. The second-order valence-electron chi connectivity index (χ2n) is 7.34. The molecule has 6 nitrogen and oxygen atoms in total. The number of guanidine groups is 1. The van der Waals surface area contributed by atoms with Gasteiger partial charge in [0, 0.05) is 45.0 Å². The molecule has 2 rings (SSSR count). The number of hydrogen-bond donors (Lipinski definition) is 2. The van der Waals surface area contributed by atoms with E-state index < -0.39 is 0 Å². The Morgan fingerprint density at radius 2 is 2.07 bits per heavy atom. The second-order valence-corrected chi connectivity index (χ2v) is 7.34. The maximum absolute atomic E-state index is 5.45. The molecular weight excluding hydrogens is 455 g/mol. The number of benzene rings is 1. The van der Waals surface area contributed by atoms with Crippen molar-refractivity contribution in [2.75, 3.05) is 51.8 Å². The van der Waals surface area contributed by atoms with E-state index in [2.05, 4.69) is 39.6 Å². The molecule has 0 bridgehead atoms. The summed E-state index contributed by atoms with van der Waals surface area (Å²) in [4.78, 5) is 7.08. The summed E-state index contributed by atoms with van der Waals surface area (Å²) in [7, 11) is 3.43. The Morgan fingerprint density at radius 3 is 2.74 bits per heavy atom. The maximum atomic E-state index is 5.45. The minimum absolute atomic E-state index is 0. The smallest absolute Gasteiger partial charge is 0.191 e. The van der Waals surface area contributed by atoms with Crippen molar-refractivity contribution in [1.82, 2.24) is 10.6 Å². The molecule has 1 aromatic rings. The molecule has 1 atom stereocenters. The quantitative estimate of drug-likeness (QED) is 0.333. The monoisotopic (exact) mass is 490 g/mol. The molecule has 0 spiro atoms. The Kier molecular flexibility index (Phi) is 10.2. The Morgan fingerprint density at radius 1 is 1.30 bits per heavy atom. The van der Waals surface area contributed by atoms with Crippen molar-refractivity contribution < 1.29 is 9.47 Å². The van der Waals surface area contributed by atoms with Crippen LogP contribution in [0.2, 0.25) is 0 Å². The van der Waals surface area contributed by atoms with Gasteiger partial charge in [-0.25, -0.2) is 0 Å². The fourth-order valence-electron chi connectivity index (χ4n) is 2.96. The van der Waals surface area contributed by atoms with Crippen molar-refractivity contribution in [3.8, 4) is 5.75 Å². The van der Waals surface area contributed by atoms with Crippen LogP contribution >= 0.6 is 24.0 Å². The molecule has 2 N–H and O–H groups in total. The highest BCUT2D eigenvalue weighted by Gasteiger charge is 2.23. The lowest BCUT2D eigenvalue weighted by Gasteiger charge is -2.22. The van der Waals surface area contributed by atoms with Gasteiger partial charge in [-0.1, -0.05) is 6.07 Å². The number of halogens is 1. The van der Waals surface area contributed by atoms with E-state index in [0.29, 0.717) is 12.5 Å². The number of hydrogen-bond acceptors (Lipinski definition) is 4. The SMILES string of the molecule is CCNC(=NCC(C)(C)OC)NCC1CCN(c2cccc(OC)c2)C1.I. The van der Waals surface area contributed by atoms with E-state index in [1.807, 2.05) is 26.0 Å². The number of rotatable bonds is 8. The van der Waals surface area contributed by atoms with Crippen LogP contribution < -0.4 is 20.3 Å². The van der Waals surface area contributed by atoms with Crippen LogP contribution in [0.3, 0.4) is 0 Å². The summed E-state index contributed by atoms with van der Waals surface area (Å²) in [6.45, 7) is 10.7. The van der Waals surface area contributed by atoms with Gasteiger partial charge in [0.2, 0.25) is 0 Å². The highest BCUT2D eigenvalue weighted by Crippen LogP contribution is 2.26. The zero-order valence-corrected chi connectivity index (χ0v) is 19.6.